The Morgan fingerprint density at radius 2 is 1.85 bits per heavy atom. The first kappa shape index (κ1) is 20.7. The number of carboxylic acid groups (broad SMARTS) is 1. The lowest BCUT2D eigenvalue weighted by atomic mass is 9.54. The van der Waals surface area contributed by atoms with Gasteiger partial charge in [0.05, 0.1) is 12.6 Å². The van der Waals surface area contributed by atoms with Crippen LogP contribution in [0.4, 0.5) is 0 Å². The molecule has 8 heteroatoms. The van der Waals surface area contributed by atoms with Crippen molar-refractivity contribution >= 4 is 17.8 Å². The monoisotopic (exact) mass is 378 g/mol. The lowest BCUT2D eigenvalue weighted by Gasteiger charge is -2.58. The fraction of sp³-hybridized carbons (Fsp3) is 0.526. The summed E-state index contributed by atoms with van der Waals surface area (Å²) in [6.45, 7) is 5.23. The van der Waals surface area contributed by atoms with Crippen LogP contribution in [0.5, 0.6) is 5.75 Å². The molecule has 148 valence electrons. The van der Waals surface area contributed by atoms with E-state index in [-0.39, 0.29) is 25.7 Å². The molecule has 0 aromatic heterocycles. The Bertz CT molecular complexity index is 691. The van der Waals surface area contributed by atoms with Crippen LogP contribution in [0.15, 0.2) is 30.3 Å². The third-order valence-electron chi connectivity index (χ3n) is 5.04. The zero-order valence-corrected chi connectivity index (χ0v) is 15.8. The molecule has 0 saturated heterocycles. The van der Waals surface area contributed by atoms with Gasteiger partial charge in [-0.2, -0.15) is 0 Å². The van der Waals surface area contributed by atoms with Crippen LogP contribution in [0, 0.1) is 5.41 Å². The number of nitrogens with one attached hydrogen (secondary N) is 2. The van der Waals surface area contributed by atoms with Crippen molar-refractivity contribution in [1.29, 1.82) is 0 Å². The van der Waals surface area contributed by atoms with E-state index in [9.17, 15) is 19.5 Å². The maximum Gasteiger partial charge on any atom is 0.330 e. The summed E-state index contributed by atoms with van der Waals surface area (Å²) in [7, 11) is 0. The smallest absolute Gasteiger partial charge is 0.330 e. The molecule has 2 amide bonds. The summed E-state index contributed by atoms with van der Waals surface area (Å²) in [5, 5.41) is 14.7. The van der Waals surface area contributed by atoms with E-state index >= 15 is 0 Å². The second-order valence-electron chi connectivity index (χ2n) is 7.01. The van der Waals surface area contributed by atoms with E-state index in [0.29, 0.717) is 12.4 Å². The number of para-hydroxylation sites is 1. The van der Waals surface area contributed by atoms with E-state index in [2.05, 4.69) is 10.6 Å². The molecule has 0 heterocycles. The summed E-state index contributed by atoms with van der Waals surface area (Å²) < 4.78 is 10.8. The molecule has 1 aliphatic rings. The van der Waals surface area contributed by atoms with Crippen molar-refractivity contribution in [3.63, 3.8) is 0 Å². The topological polar surface area (TPSA) is 114 Å². The molecule has 1 aliphatic carbocycles. The molecule has 3 N–H and O–H groups in total. The quantitative estimate of drug-likeness (QED) is 0.590. The zero-order chi connectivity index (χ0) is 20.1. The second kappa shape index (κ2) is 8.39. The number of aliphatic carboxylic acids is 1. The molecule has 0 radical (unpaired) electrons. The van der Waals surface area contributed by atoms with E-state index in [0.717, 1.165) is 0 Å². The van der Waals surface area contributed by atoms with Crippen LogP contribution in [0.3, 0.4) is 0 Å². The first-order valence-electron chi connectivity index (χ1n) is 8.83. The van der Waals surface area contributed by atoms with Crippen molar-refractivity contribution in [2.24, 2.45) is 5.41 Å². The van der Waals surface area contributed by atoms with Gasteiger partial charge in [0.15, 0.2) is 6.61 Å². The van der Waals surface area contributed by atoms with Gasteiger partial charge < -0.3 is 25.2 Å². The lowest BCUT2D eigenvalue weighted by molar-refractivity contribution is -0.194. The van der Waals surface area contributed by atoms with E-state index in [1.54, 1.807) is 38.1 Å². The van der Waals surface area contributed by atoms with Crippen molar-refractivity contribution < 1.29 is 29.0 Å². The number of rotatable bonds is 9. The van der Waals surface area contributed by atoms with Crippen LogP contribution >= 0.6 is 0 Å². The zero-order valence-electron chi connectivity index (χ0n) is 15.8. The lowest BCUT2D eigenvalue weighted by Crippen LogP contribution is -2.76. The minimum atomic E-state index is -1.42. The molecule has 1 aromatic rings. The maximum atomic E-state index is 12.2. The Morgan fingerprint density at radius 1 is 1.19 bits per heavy atom. The highest BCUT2D eigenvalue weighted by Crippen LogP contribution is 2.51. The van der Waals surface area contributed by atoms with Gasteiger partial charge in [-0.25, -0.2) is 4.79 Å². The van der Waals surface area contributed by atoms with E-state index < -0.39 is 28.7 Å². The molecular formula is C19H26N2O6. The Labute approximate surface area is 158 Å². The standard InChI is InChI=1S/C19H26N2O6/c1-4-26-14-10-19(17(24)25,18(14,2)3)21-15(22)11-20-16(23)12-27-13-8-6-5-7-9-13/h5-9,14H,4,10-12H2,1-3H3,(H,20,23)(H,21,22)(H,24,25). The van der Waals surface area contributed by atoms with Gasteiger partial charge in [0.2, 0.25) is 5.91 Å². The first-order valence-corrected chi connectivity index (χ1v) is 8.83. The number of ether oxygens (including phenoxy) is 2. The van der Waals surface area contributed by atoms with Gasteiger partial charge in [0, 0.05) is 18.4 Å². The molecule has 0 bridgehead atoms. The predicted molar refractivity (Wildman–Crippen MR) is 97.3 cm³/mol. The number of hydrogen-bond donors (Lipinski definition) is 3. The van der Waals surface area contributed by atoms with Crippen molar-refractivity contribution in [3.05, 3.63) is 30.3 Å². The average Bonchev–Trinajstić information content (AvgIpc) is 2.64. The highest BCUT2D eigenvalue weighted by Gasteiger charge is 2.66. The molecule has 1 fully saturated rings. The normalized spacial score (nSPS) is 23.0. The fourth-order valence-electron chi connectivity index (χ4n) is 3.21. The van der Waals surface area contributed by atoms with Crippen molar-refractivity contribution in [2.45, 2.75) is 38.8 Å². The largest absolute Gasteiger partial charge is 0.484 e. The first-order chi connectivity index (χ1) is 12.7. The van der Waals surface area contributed by atoms with E-state index in [1.165, 1.54) is 0 Å². The number of benzene rings is 1. The highest BCUT2D eigenvalue weighted by atomic mass is 16.5. The predicted octanol–water partition coefficient (Wildman–Crippen LogP) is 0.956. The van der Waals surface area contributed by atoms with Gasteiger partial charge in [-0.15, -0.1) is 0 Å². The Morgan fingerprint density at radius 3 is 2.41 bits per heavy atom. The third kappa shape index (κ3) is 4.39. The number of carbonyl (C=O) groups is 3. The average molecular weight is 378 g/mol. The van der Waals surface area contributed by atoms with Crippen LogP contribution in [0.2, 0.25) is 0 Å². The number of hydrogen-bond acceptors (Lipinski definition) is 5. The summed E-state index contributed by atoms with van der Waals surface area (Å²) in [5.41, 5.74) is -2.19. The highest BCUT2D eigenvalue weighted by molar-refractivity contribution is 5.91. The molecule has 0 aliphatic heterocycles. The maximum absolute atomic E-state index is 12.2. The van der Waals surface area contributed by atoms with Crippen LogP contribution in [-0.4, -0.2) is 54.3 Å². The third-order valence-corrected chi connectivity index (χ3v) is 5.04. The summed E-state index contributed by atoms with van der Waals surface area (Å²) in [6.07, 6.45) is -0.0762. The van der Waals surface area contributed by atoms with Crippen LogP contribution < -0.4 is 15.4 Å². The van der Waals surface area contributed by atoms with Gasteiger partial charge in [0.25, 0.3) is 5.91 Å². The molecule has 2 atom stereocenters. The molecule has 8 nitrogen and oxygen atoms in total. The van der Waals surface area contributed by atoms with Crippen LogP contribution in [-0.2, 0) is 19.1 Å². The Hall–Kier alpha value is -2.61. The van der Waals surface area contributed by atoms with Crippen molar-refractivity contribution in [1.82, 2.24) is 10.6 Å². The molecule has 2 rings (SSSR count). The van der Waals surface area contributed by atoms with E-state index in [1.807, 2.05) is 13.0 Å². The number of amides is 2. The molecule has 1 aromatic carbocycles. The molecule has 2 unspecified atom stereocenters. The number of carbonyl (C=O) groups excluding carboxylic acids is 2. The summed E-state index contributed by atoms with van der Waals surface area (Å²) in [4.78, 5) is 35.9. The summed E-state index contributed by atoms with van der Waals surface area (Å²) in [6, 6.07) is 8.81. The van der Waals surface area contributed by atoms with Crippen molar-refractivity contribution in [3.8, 4) is 5.75 Å². The van der Waals surface area contributed by atoms with Gasteiger partial charge in [0.1, 0.15) is 11.3 Å². The Balaban J connectivity index is 1.84. The summed E-state index contributed by atoms with van der Waals surface area (Å²) >= 11 is 0. The molecule has 27 heavy (non-hydrogen) atoms. The van der Waals surface area contributed by atoms with Gasteiger partial charge in [-0.05, 0) is 19.1 Å². The Kier molecular flexibility index (Phi) is 6.43. The SMILES string of the molecule is CCOC1CC(NC(=O)CNC(=O)COc2ccccc2)(C(=O)O)C1(C)C. The molecule has 1 saturated carbocycles. The second-order valence-corrected chi connectivity index (χ2v) is 7.01. The van der Waals surface area contributed by atoms with E-state index in [4.69, 9.17) is 9.47 Å². The van der Waals surface area contributed by atoms with Gasteiger partial charge in [-0.3, -0.25) is 9.59 Å². The van der Waals surface area contributed by atoms with Crippen molar-refractivity contribution in [2.75, 3.05) is 19.8 Å². The fourth-order valence-corrected chi connectivity index (χ4v) is 3.21. The minimum absolute atomic E-state index is 0.181. The van der Waals surface area contributed by atoms with Crippen LogP contribution in [0.1, 0.15) is 27.2 Å². The molecule has 0 spiro atoms. The summed E-state index contributed by atoms with van der Waals surface area (Å²) in [5.74, 6) is -1.62. The minimum Gasteiger partial charge on any atom is -0.484 e. The van der Waals surface area contributed by atoms with Crippen LogP contribution in [0.25, 0.3) is 0 Å². The van der Waals surface area contributed by atoms with Gasteiger partial charge in [-0.1, -0.05) is 32.0 Å². The molecular weight excluding hydrogens is 352 g/mol. The number of carboxylic acids is 1. The van der Waals surface area contributed by atoms with Gasteiger partial charge >= 0.3 is 5.97 Å².